The summed E-state index contributed by atoms with van der Waals surface area (Å²) in [5.74, 6) is -1.59. The van der Waals surface area contributed by atoms with Gasteiger partial charge in [-0.3, -0.25) is 9.59 Å². The van der Waals surface area contributed by atoms with E-state index in [1.54, 1.807) is 0 Å². The molecule has 1 fully saturated rings. The Morgan fingerprint density at radius 1 is 1.30 bits per heavy atom. The minimum absolute atomic E-state index is 0.0230. The fourth-order valence-electron chi connectivity index (χ4n) is 2.26. The lowest BCUT2D eigenvalue weighted by Crippen LogP contribution is -2.43. The number of methoxy groups -OCH3 is 1. The summed E-state index contributed by atoms with van der Waals surface area (Å²) in [4.78, 5) is 36.3. The summed E-state index contributed by atoms with van der Waals surface area (Å²) in [7, 11) is 1.43. The molecule has 1 N–H and O–H groups in total. The highest BCUT2D eigenvalue weighted by atomic mass is 16.5. The summed E-state index contributed by atoms with van der Waals surface area (Å²) in [6.45, 7) is 1.82. The van der Waals surface area contributed by atoms with Crippen molar-refractivity contribution in [3.63, 3.8) is 0 Å². The van der Waals surface area contributed by atoms with Gasteiger partial charge in [-0.15, -0.1) is 0 Å². The van der Waals surface area contributed by atoms with Crippen molar-refractivity contribution in [3.8, 4) is 5.75 Å². The first-order valence-corrected chi connectivity index (χ1v) is 6.21. The highest BCUT2D eigenvalue weighted by Crippen LogP contribution is 2.31. The Labute approximate surface area is 115 Å². The second-order valence-electron chi connectivity index (χ2n) is 4.82. The van der Waals surface area contributed by atoms with Gasteiger partial charge in [0.2, 0.25) is 11.8 Å². The van der Waals surface area contributed by atoms with E-state index < -0.39 is 5.97 Å². The molecule has 1 aromatic rings. The van der Waals surface area contributed by atoms with Crippen LogP contribution in [0.2, 0.25) is 0 Å². The molecule has 0 saturated carbocycles. The molecule has 6 heteroatoms. The van der Waals surface area contributed by atoms with Crippen molar-refractivity contribution in [2.75, 3.05) is 12.0 Å². The number of rotatable bonds is 3. The maximum absolute atomic E-state index is 12.1. The first kappa shape index (κ1) is 14.0. The summed E-state index contributed by atoms with van der Waals surface area (Å²) < 4.78 is 5.03. The van der Waals surface area contributed by atoms with Crippen LogP contribution in [-0.2, 0) is 9.59 Å². The maximum atomic E-state index is 12.1. The second kappa shape index (κ2) is 5.32. The van der Waals surface area contributed by atoms with E-state index in [2.05, 4.69) is 0 Å². The number of hydrogen-bond acceptors (Lipinski definition) is 4. The highest BCUT2D eigenvalue weighted by molar-refractivity contribution is 6.19. The summed E-state index contributed by atoms with van der Waals surface area (Å²) in [6.07, 6.45) is 0.448. The van der Waals surface area contributed by atoms with Crippen LogP contribution in [0.4, 0.5) is 5.69 Å². The van der Waals surface area contributed by atoms with Gasteiger partial charge in [0.05, 0.1) is 18.4 Å². The van der Waals surface area contributed by atoms with Crippen LogP contribution in [0, 0.1) is 5.92 Å². The molecule has 2 rings (SSSR count). The molecule has 6 nitrogen and oxygen atoms in total. The van der Waals surface area contributed by atoms with Gasteiger partial charge in [-0.25, -0.2) is 9.69 Å². The van der Waals surface area contributed by atoms with Crippen molar-refractivity contribution in [3.05, 3.63) is 23.8 Å². The van der Waals surface area contributed by atoms with Crippen LogP contribution in [0.1, 0.15) is 30.1 Å². The van der Waals surface area contributed by atoms with Crippen molar-refractivity contribution in [1.29, 1.82) is 0 Å². The Balaban J connectivity index is 2.52. The largest absolute Gasteiger partial charge is 0.497 e. The molecule has 20 heavy (non-hydrogen) atoms. The molecule has 0 aliphatic carbocycles. The normalized spacial score (nSPS) is 16.4. The second-order valence-corrected chi connectivity index (χ2v) is 4.82. The fourth-order valence-corrected chi connectivity index (χ4v) is 2.26. The van der Waals surface area contributed by atoms with E-state index >= 15 is 0 Å². The zero-order chi connectivity index (χ0) is 14.9. The van der Waals surface area contributed by atoms with Gasteiger partial charge >= 0.3 is 5.97 Å². The molecule has 0 unspecified atom stereocenters. The first-order valence-electron chi connectivity index (χ1n) is 6.21. The van der Waals surface area contributed by atoms with Crippen LogP contribution < -0.4 is 9.64 Å². The summed E-state index contributed by atoms with van der Waals surface area (Å²) in [6, 6.07) is 4.21. The van der Waals surface area contributed by atoms with Crippen LogP contribution in [0.25, 0.3) is 0 Å². The van der Waals surface area contributed by atoms with Crippen LogP contribution >= 0.6 is 0 Å². The Kier molecular flexibility index (Phi) is 3.74. The molecule has 106 valence electrons. The fraction of sp³-hybridized carbons (Fsp3) is 0.357. The average Bonchev–Trinajstić information content (AvgIpc) is 2.37. The topological polar surface area (TPSA) is 83.9 Å². The molecule has 1 aliphatic heterocycles. The van der Waals surface area contributed by atoms with Gasteiger partial charge in [-0.2, -0.15) is 0 Å². The van der Waals surface area contributed by atoms with Gasteiger partial charge in [0, 0.05) is 18.9 Å². The summed E-state index contributed by atoms with van der Waals surface area (Å²) in [5.41, 5.74) is -0.0270. The Hall–Kier alpha value is -2.37. The third kappa shape index (κ3) is 2.49. The Morgan fingerprint density at radius 3 is 2.40 bits per heavy atom. The van der Waals surface area contributed by atoms with Gasteiger partial charge in [0.15, 0.2) is 0 Å². The lowest BCUT2D eigenvalue weighted by Gasteiger charge is -2.29. The lowest BCUT2D eigenvalue weighted by molar-refractivity contribution is -0.130. The van der Waals surface area contributed by atoms with Crippen LogP contribution in [-0.4, -0.2) is 30.0 Å². The quantitative estimate of drug-likeness (QED) is 0.850. The molecule has 1 aliphatic rings. The number of hydrogen-bond donors (Lipinski definition) is 1. The van der Waals surface area contributed by atoms with Crippen LogP contribution in [0.5, 0.6) is 5.75 Å². The Morgan fingerprint density at radius 2 is 1.90 bits per heavy atom. The zero-order valence-corrected chi connectivity index (χ0v) is 11.3. The van der Waals surface area contributed by atoms with Gasteiger partial charge in [-0.05, 0) is 18.1 Å². The first-order chi connectivity index (χ1) is 9.43. The van der Waals surface area contributed by atoms with E-state index in [9.17, 15) is 19.5 Å². The van der Waals surface area contributed by atoms with Crippen LogP contribution in [0.15, 0.2) is 18.2 Å². The van der Waals surface area contributed by atoms with E-state index in [1.165, 1.54) is 25.3 Å². The maximum Gasteiger partial charge on any atom is 0.337 e. The summed E-state index contributed by atoms with van der Waals surface area (Å²) in [5, 5.41) is 9.19. The molecule has 0 radical (unpaired) electrons. The average molecular weight is 277 g/mol. The highest BCUT2D eigenvalue weighted by Gasteiger charge is 2.33. The number of carbonyl (C=O) groups excluding carboxylic acids is 2. The number of nitrogens with zero attached hydrogens (tertiary/aromatic N) is 1. The number of ether oxygens (including phenoxy) is 1. The van der Waals surface area contributed by atoms with E-state index in [1.807, 2.05) is 6.92 Å². The van der Waals surface area contributed by atoms with Crippen molar-refractivity contribution >= 4 is 23.5 Å². The minimum Gasteiger partial charge on any atom is -0.497 e. The SMILES string of the molecule is COc1ccc(C(=O)O)c(N2C(=O)CC(C)CC2=O)c1. The number of carboxylic acids is 1. The summed E-state index contributed by atoms with van der Waals surface area (Å²) >= 11 is 0. The third-order valence-corrected chi connectivity index (χ3v) is 3.22. The number of anilines is 1. The number of carbonyl (C=O) groups is 3. The molecular weight excluding hydrogens is 262 g/mol. The molecule has 2 amide bonds. The predicted octanol–water partition coefficient (Wildman–Crippen LogP) is 1.68. The Bertz CT molecular complexity index is 563. The zero-order valence-electron chi connectivity index (χ0n) is 11.3. The van der Waals surface area contributed by atoms with Gasteiger partial charge in [-0.1, -0.05) is 6.92 Å². The van der Waals surface area contributed by atoms with Crippen molar-refractivity contribution < 1.29 is 24.2 Å². The molecule has 0 atom stereocenters. The minimum atomic E-state index is -1.19. The number of benzene rings is 1. The van der Waals surface area contributed by atoms with E-state index in [0.29, 0.717) is 5.75 Å². The van der Waals surface area contributed by atoms with Crippen LogP contribution in [0.3, 0.4) is 0 Å². The number of piperidine rings is 1. The standard InChI is InChI=1S/C14H15NO5/c1-8-5-12(16)15(13(17)6-8)11-7-9(20-2)3-4-10(11)14(18)19/h3-4,7-8H,5-6H2,1-2H3,(H,18,19). The molecule has 0 bridgehead atoms. The molecule has 0 aromatic heterocycles. The molecule has 1 saturated heterocycles. The molecule has 1 aromatic carbocycles. The van der Waals surface area contributed by atoms with Gasteiger partial charge in [0.1, 0.15) is 5.75 Å². The van der Waals surface area contributed by atoms with Gasteiger partial charge in [0.25, 0.3) is 0 Å². The smallest absolute Gasteiger partial charge is 0.337 e. The van der Waals surface area contributed by atoms with Crippen molar-refractivity contribution in [1.82, 2.24) is 0 Å². The molecule has 0 spiro atoms. The molecule has 1 heterocycles. The number of aromatic carboxylic acids is 1. The predicted molar refractivity (Wildman–Crippen MR) is 70.8 cm³/mol. The molecular formula is C14H15NO5. The van der Waals surface area contributed by atoms with Crippen molar-refractivity contribution in [2.24, 2.45) is 5.92 Å². The number of imide groups is 1. The van der Waals surface area contributed by atoms with Gasteiger partial charge < -0.3 is 9.84 Å². The number of amides is 2. The van der Waals surface area contributed by atoms with E-state index in [0.717, 1.165) is 4.90 Å². The lowest BCUT2D eigenvalue weighted by atomic mass is 9.96. The monoisotopic (exact) mass is 277 g/mol. The number of carboxylic acid groups (broad SMARTS) is 1. The van der Waals surface area contributed by atoms with Crippen molar-refractivity contribution in [2.45, 2.75) is 19.8 Å². The van der Waals surface area contributed by atoms with E-state index in [4.69, 9.17) is 4.74 Å². The third-order valence-electron chi connectivity index (χ3n) is 3.22. The van der Waals surface area contributed by atoms with E-state index in [-0.39, 0.29) is 41.8 Å².